The van der Waals surface area contributed by atoms with E-state index in [1.165, 1.54) is 21.5 Å². The van der Waals surface area contributed by atoms with Crippen molar-refractivity contribution in [3.63, 3.8) is 0 Å². The number of para-hydroxylation sites is 2. The normalized spacial score (nSPS) is 15.8. The van der Waals surface area contributed by atoms with Crippen LogP contribution in [0.3, 0.4) is 0 Å². The van der Waals surface area contributed by atoms with E-state index < -0.39 is 18.9 Å². The zero-order valence-corrected chi connectivity index (χ0v) is 25.6. The fourth-order valence-electron chi connectivity index (χ4n) is 5.39. The van der Waals surface area contributed by atoms with Crippen molar-refractivity contribution in [3.05, 3.63) is 114 Å². The summed E-state index contributed by atoms with van der Waals surface area (Å²) in [4.78, 5) is 0. The molecule has 3 nitrogen and oxygen atoms in total. The van der Waals surface area contributed by atoms with E-state index in [-0.39, 0.29) is 16.2 Å². The van der Waals surface area contributed by atoms with E-state index in [2.05, 4.69) is 118 Å². The van der Waals surface area contributed by atoms with Crippen molar-refractivity contribution < 1.29 is 8.95 Å². The van der Waals surface area contributed by atoms with Gasteiger partial charge in [-0.3, -0.25) is 0 Å². The van der Waals surface area contributed by atoms with Crippen LogP contribution in [0, 0.1) is 0 Å². The van der Waals surface area contributed by atoms with E-state index in [0.29, 0.717) is 0 Å². The predicted octanol–water partition coefficient (Wildman–Crippen LogP) is 7.33. The topological polar surface area (TPSA) is 29.5 Å². The van der Waals surface area contributed by atoms with Crippen LogP contribution in [-0.2, 0) is 16.4 Å². The Labute approximate surface area is 237 Å². The second kappa shape index (κ2) is 10.7. The molecule has 1 aliphatic heterocycles. The minimum atomic E-state index is -1.16. The van der Waals surface area contributed by atoms with E-state index in [4.69, 9.17) is 4.74 Å². The van der Waals surface area contributed by atoms with E-state index in [0.717, 1.165) is 22.6 Å². The maximum Gasteiger partial charge on any atom is 0.139 e. The first kappa shape index (κ1) is 27.8. The highest BCUT2D eigenvalue weighted by Crippen LogP contribution is 2.52. The number of ether oxygens (including phenoxy) is 1. The number of fused-ring (bicyclic) bond motifs is 2. The summed E-state index contributed by atoms with van der Waals surface area (Å²) in [7, 11) is -0.0497. The highest BCUT2D eigenvalue weighted by Gasteiger charge is 2.39. The molecule has 2 atom stereocenters. The molecule has 0 radical (unpaired) electrons. The Kier molecular flexibility index (Phi) is 7.59. The number of rotatable bonds is 6. The number of hydrogen-bond donors (Lipinski definition) is 0. The smallest absolute Gasteiger partial charge is 0.139 e. The van der Waals surface area contributed by atoms with Crippen molar-refractivity contribution in [1.29, 1.82) is 0 Å². The molecule has 4 aromatic rings. The summed E-state index contributed by atoms with van der Waals surface area (Å²) in [5.74, 6) is 1.84. The molecule has 0 spiro atoms. The van der Waals surface area contributed by atoms with Gasteiger partial charge in [0.05, 0.1) is 15.7 Å². The number of benzene rings is 4. The van der Waals surface area contributed by atoms with Crippen molar-refractivity contribution in [1.82, 2.24) is 4.31 Å². The Hall–Kier alpha value is -2.78. The third kappa shape index (κ3) is 5.11. The van der Waals surface area contributed by atoms with Gasteiger partial charge in [-0.1, -0.05) is 111 Å². The van der Waals surface area contributed by atoms with E-state index in [1.807, 2.05) is 32.1 Å². The molecule has 0 N–H and O–H groups in total. The molecule has 1 heterocycles. The lowest BCUT2D eigenvalue weighted by molar-refractivity contribution is 0.379. The predicted molar refractivity (Wildman–Crippen MR) is 168 cm³/mol. The zero-order valence-electron chi connectivity index (χ0n) is 23.9. The van der Waals surface area contributed by atoms with Gasteiger partial charge in [-0.2, -0.15) is 0 Å². The summed E-state index contributed by atoms with van der Waals surface area (Å²) in [6, 6.07) is 34.5. The molecule has 0 saturated heterocycles. The Morgan fingerprint density at radius 2 is 1.28 bits per heavy atom. The van der Waals surface area contributed by atoms with Gasteiger partial charge >= 0.3 is 0 Å². The Morgan fingerprint density at radius 1 is 0.769 bits per heavy atom. The van der Waals surface area contributed by atoms with Crippen LogP contribution in [0.15, 0.2) is 97.1 Å². The maximum atomic E-state index is 13.3. The third-order valence-corrected chi connectivity index (χ3v) is 12.0. The van der Waals surface area contributed by atoms with Crippen LogP contribution in [0.2, 0.25) is 0 Å². The van der Waals surface area contributed by atoms with E-state index in [1.54, 1.807) is 0 Å². The van der Waals surface area contributed by atoms with Gasteiger partial charge in [-0.25, -0.2) is 8.51 Å². The van der Waals surface area contributed by atoms with Crippen LogP contribution in [0.4, 0.5) is 0 Å². The lowest BCUT2D eigenvalue weighted by Crippen LogP contribution is -2.37. The highest BCUT2D eigenvalue weighted by atomic mass is 32.2. The van der Waals surface area contributed by atoms with Crippen LogP contribution in [0.1, 0.15) is 64.3 Å². The first-order valence-electron chi connectivity index (χ1n) is 13.5. The van der Waals surface area contributed by atoms with Gasteiger partial charge in [0.1, 0.15) is 11.5 Å². The Balaban J connectivity index is 1.68. The molecule has 1 aliphatic rings. The molecule has 0 amide bonds. The minimum absolute atomic E-state index is 0.0886. The van der Waals surface area contributed by atoms with Crippen molar-refractivity contribution in [2.45, 2.75) is 57.7 Å². The molecule has 202 valence electrons. The van der Waals surface area contributed by atoms with Gasteiger partial charge in [0.25, 0.3) is 0 Å². The number of nitrogens with zero attached hydrogens (tertiary/aromatic N) is 1. The van der Waals surface area contributed by atoms with Crippen LogP contribution in [-0.4, -0.2) is 20.3 Å². The maximum absolute atomic E-state index is 13.3. The molecular formula is C34H38NO2PS. The van der Waals surface area contributed by atoms with Crippen molar-refractivity contribution in [2.75, 3.05) is 7.05 Å². The second-order valence-electron chi connectivity index (χ2n) is 11.7. The van der Waals surface area contributed by atoms with Gasteiger partial charge in [0.15, 0.2) is 0 Å². The summed E-state index contributed by atoms with van der Waals surface area (Å²) in [6.07, 6.45) is 0. The molecule has 5 heteroatoms. The zero-order chi connectivity index (χ0) is 27.9. The third-order valence-electron chi connectivity index (χ3n) is 7.64. The second-order valence-corrected chi connectivity index (χ2v) is 16.2. The molecule has 0 saturated carbocycles. The monoisotopic (exact) mass is 555 g/mol. The quantitative estimate of drug-likeness (QED) is 0.233. The van der Waals surface area contributed by atoms with E-state index >= 15 is 0 Å². The summed E-state index contributed by atoms with van der Waals surface area (Å²) < 4.78 is 22.0. The Bertz CT molecular complexity index is 1460. The fourth-order valence-corrected chi connectivity index (χ4v) is 9.05. The van der Waals surface area contributed by atoms with Gasteiger partial charge in [0, 0.05) is 40.5 Å². The van der Waals surface area contributed by atoms with E-state index in [9.17, 15) is 4.21 Å². The average molecular weight is 556 g/mol. The molecule has 0 aliphatic carbocycles. The van der Waals surface area contributed by atoms with Gasteiger partial charge in [0.2, 0.25) is 0 Å². The van der Waals surface area contributed by atoms with Crippen molar-refractivity contribution in [2.24, 2.45) is 0 Å². The molecule has 5 rings (SSSR count). The average Bonchev–Trinajstić information content (AvgIpc) is 2.93. The first-order valence-corrected chi connectivity index (χ1v) is 16.0. The first-order chi connectivity index (χ1) is 18.5. The van der Waals surface area contributed by atoms with Crippen molar-refractivity contribution >= 4 is 34.8 Å². The highest BCUT2D eigenvalue weighted by molar-refractivity contribution is 7.84. The molecule has 0 bridgehead atoms. The lowest BCUT2D eigenvalue weighted by Gasteiger charge is -2.39. The largest absolute Gasteiger partial charge is 0.456 e. The molecule has 0 aromatic heterocycles. The lowest BCUT2D eigenvalue weighted by atomic mass is 9.75. The molecule has 39 heavy (non-hydrogen) atoms. The fraction of sp³-hybridized carbons (Fsp3) is 0.294. The molecule has 0 fully saturated rings. The molecular weight excluding hydrogens is 517 g/mol. The van der Waals surface area contributed by atoms with Crippen LogP contribution < -0.4 is 20.7 Å². The van der Waals surface area contributed by atoms with Crippen LogP contribution in [0.5, 0.6) is 11.5 Å². The summed E-state index contributed by atoms with van der Waals surface area (Å²) in [5.41, 5.74) is 3.16. The summed E-state index contributed by atoms with van der Waals surface area (Å²) in [5, 5.41) is 3.80. The molecule has 4 aromatic carbocycles. The SMILES string of the molecule is C[C@@H](c1cccc2c1Oc1c(P(c3ccccc3)c3ccccc3)cccc1C2(C)C)N(C)[S@](=O)C(C)(C)C. The van der Waals surface area contributed by atoms with Gasteiger partial charge in [-0.15, -0.1) is 0 Å². The van der Waals surface area contributed by atoms with Gasteiger partial charge in [-0.05, 0) is 46.2 Å². The van der Waals surface area contributed by atoms with Crippen molar-refractivity contribution in [3.8, 4) is 11.5 Å². The van der Waals surface area contributed by atoms with Crippen LogP contribution in [0.25, 0.3) is 0 Å². The standard InChI is InChI=1S/C34H38NO2PS/c1-24(35(7)39(36)33(2,3)4)27-20-14-21-28-31(27)37-32-29(34(28,5)6)22-15-23-30(32)38(25-16-10-8-11-17-25)26-18-12-9-13-19-26/h8-24H,1-7H3/t24-,39+/m0/s1. The number of hydrogen-bond acceptors (Lipinski definition) is 2. The van der Waals surface area contributed by atoms with Crippen LogP contribution >= 0.6 is 7.92 Å². The van der Waals surface area contributed by atoms with Gasteiger partial charge < -0.3 is 4.74 Å². The Morgan fingerprint density at radius 3 is 1.82 bits per heavy atom. The summed E-state index contributed by atoms with van der Waals surface area (Å²) in [6.45, 7) is 12.8. The molecule has 0 unspecified atom stereocenters. The summed E-state index contributed by atoms with van der Waals surface area (Å²) >= 11 is 0. The minimum Gasteiger partial charge on any atom is -0.456 e.